The Morgan fingerprint density at radius 3 is 2.26 bits per heavy atom. The van der Waals surface area contributed by atoms with Crippen molar-refractivity contribution >= 4 is 11.4 Å². The minimum Gasteiger partial charge on any atom is -0.399 e. The maximum Gasteiger partial charge on any atom is 0.269 e. The molecule has 0 heterocycles. The standard InChI is InChI=1S/C15H16N2O2/c16-14-8-2-6-12(10-14)4-1-5-13-7-3-9-15(11-13)17(18)19/h2-3,6-11H,1,4-5,16H2. The fraction of sp³-hybridized carbons (Fsp3) is 0.200. The van der Waals surface area contributed by atoms with Gasteiger partial charge in [0.15, 0.2) is 0 Å². The highest BCUT2D eigenvalue weighted by molar-refractivity contribution is 5.40. The topological polar surface area (TPSA) is 69.2 Å². The molecule has 0 aliphatic carbocycles. The number of nitro groups is 1. The monoisotopic (exact) mass is 256 g/mol. The lowest BCUT2D eigenvalue weighted by Gasteiger charge is -2.03. The number of nitrogens with two attached hydrogens (primary N) is 1. The molecule has 0 aromatic heterocycles. The van der Waals surface area contributed by atoms with Crippen molar-refractivity contribution in [2.75, 3.05) is 5.73 Å². The zero-order valence-corrected chi connectivity index (χ0v) is 10.6. The summed E-state index contributed by atoms with van der Waals surface area (Å²) in [6.45, 7) is 0. The van der Waals surface area contributed by atoms with Crippen molar-refractivity contribution in [2.24, 2.45) is 0 Å². The van der Waals surface area contributed by atoms with E-state index in [9.17, 15) is 10.1 Å². The van der Waals surface area contributed by atoms with E-state index in [1.165, 1.54) is 11.6 Å². The molecule has 19 heavy (non-hydrogen) atoms. The first kappa shape index (κ1) is 13.1. The van der Waals surface area contributed by atoms with Crippen LogP contribution in [0.4, 0.5) is 11.4 Å². The molecule has 0 atom stereocenters. The summed E-state index contributed by atoms with van der Waals surface area (Å²) in [5, 5.41) is 10.7. The second-order valence-corrected chi connectivity index (χ2v) is 4.53. The molecule has 2 aromatic carbocycles. The van der Waals surface area contributed by atoms with E-state index in [0.29, 0.717) is 0 Å². The minimum atomic E-state index is -0.360. The Morgan fingerprint density at radius 2 is 1.63 bits per heavy atom. The largest absolute Gasteiger partial charge is 0.399 e. The number of anilines is 1. The summed E-state index contributed by atoms with van der Waals surface area (Å²) in [4.78, 5) is 10.3. The molecule has 0 unspecified atom stereocenters. The molecule has 2 rings (SSSR count). The van der Waals surface area contributed by atoms with Crippen molar-refractivity contribution in [3.8, 4) is 0 Å². The van der Waals surface area contributed by atoms with Gasteiger partial charge in [-0.2, -0.15) is 0 Å². The Bertz CT molecular complexity index is 582. The van der Waals surface area contributed by atoms with Crippen LogP contribution in [0.2, 0.25) is 0 Å². The average molecular weight is 256 g/mol. The highest BCUT2D eigenvalue weighted by Gasteiger charge is 2.05. The third-order valence-electron chi connectivity index (χ3n) is 3.00. The van der Waals surface area contributed by atoms with E-state index in [4.69, 9.17) is 5.73 Å². The van der Waals surface area contributed by atoms with E-state index < -0.39 is 0 Å². The number of aryl methyl sites for hydroxylation is 2. The molecule has 2 aromatic rings. The van der Waals surface area contributed by atoms with Crippen LogP contribution in [0.1, 0.15) is 17.5 Å². The van der Waals surface area contributed by atoms with Crippen LogP contribution in [0.3, 0.4) is 0 Å². The maximum absolute atomic E-state index is 10.7. The summed E-state index contributed by atoms with van der Waals surface area (Å²) in [5.41, 5.74) is 8.84. The number of nitrogen functional groups attached to an aromatic ring is 1. The second-order valence-electron chi connectivity index (χ2n) is 4.53. The zero-order valence-electron chi connectivity index (χ0n) is 10.6. The zero-order chi connectivity index (χ0) is 13.7. The van der Waals surface area contributed by atoms with Gasteiger partial charge in [0, 0.05) is 17.8 Å². The van der Waals surface area contributed by atoms with Gasteiger partial charge in [0.1, 0.15) is 0 Å². The predicted molar refractivity (Wildman–Crippen MR) is 76.0 cm³/mol. The van der Waals surface area contributed by atoms with Gasteiger partial charge in [-0.3, -0.25) is 10.1 Å². The normalized spacial score (nSPS) is 10.3. The Hall–Kier alpha value is -2.36. The molecular weight excluding hydrogens is 240 g/mol. The SMILES string of the molecule is Nc1cccc(CCCc2cccc([N+](=O)[O-])c2)c1. The molecule has 0 fully saturated rings. The Balaban J connectivity index is 1.92. The van der Waals surface area contributed by atoms with Crippen LogP contribution in [-0.2, 0) is 12.8 Å². The Morgan fingerprint density at radius 1 is 1.00 bits per heavy atom. The maximum atomic E-state index is 10.7. The van der Waals surface area contributed by atoms with Gasteiger partial charge in [0.2, 0.25) is 0 Å². The summed E-state index contributed by atoms with van der Waals surface area (Å²) in [6.07, 6.45) is 2.70. The van der Waals surface area contributed by atoms with Crippen LogP contribution in [0.15, 0.2) is 48.5 Å². The summed E-state index contributed by atoms with van der Waals surface area (Å²) in [6, 6.07) is 14.6. The van der Waals surface area contributed by atoms with E-state index in [0.717, 1.165) is 30.5 Å². The first-order chi connectivity index (χ1) is 9.15. The van der Waals surface area contributed by atoms with E-state index in [2.05, 4.69) is 0 Å². The van der Waals surface area contributed by atoms with Crippen LogP contribution >= 0.6 is 0 Å². The van der Waals surface area contributed by atoms with E-state index in [-0.39, 0.29) is 10.6 Å². The number of hydrogen-bond donors (Lipinski definition) is 1. The summed E-state index contributed by atoms with van der Waals surface area (Å²) >= 11 is 0. The number of nitrogens with zero attached hydrogens (tertiary/aromatic N) is 1. The van der Waals surface area contributed by atoms with Gasteiger partial charge in [0.05, 0.1) is 4.92 Å². The van der Waals surface area contributed by atoms with E-state index in [1.54, 1.807) is 12.1 Å². The number of rotatable bonds is 5. The molecule has 4 heteroatoms. The highest BCUT2D eigenvalue weighted by atomic mass is 16.6. The molecule has 0 bridgehead atoms. The van der Waals surface area contributed by atoms with Crippen LogP contribution in [-0.4, -0.2) is 4.92 Å². The van der Waals surface area contributed by atoms with Gasteiger partial charge < -0.3 is 5.73 Å². The lowest BCUT2D eigenvalue weighted by Crippen LogP contribution is -1.93. The molecule has 0 radical (unpaired) electrons. The van der Waals surface area contributed by atoms with Gasteiger partial charge in [-0.25, -0.2) is 0 Å². The quantitative estimate of drug-likeness (QED) is 0.506. The van der Waals surface area contributed by atoms with E-state index in [1.807, 2.05) is 30.3 Å². The van der Waals surface area contributed by atoms with Gasteiger partial charge in [0.25, 0.3) is 5.69 Å². The highest BCUT2D eigenvalue weighted by Crippen LogP contribution is 2.16. The second kappa shape index (κ2) is 6.00. The first-order valence-electron chi connectivity index (χ1n) is 6.23. The lowest BCUT2D eigenvalue weighted by atomic mass is 10.0. The molecule has 4 nitrogen and oxygen atoms in total. The molecule has 0 saturated heterocycles. The fourth-order valence-electron chi connectivity index (χ4n) is 2.07. The number of nitro benzene ring substituents is 1. The van der Waals surface area contributed by atoms with Crippen LogP contribution in [0, 0.1) is 10.1 Å². The van der Waals surface area contributed by atoms with Crippen molar-refractivity contribution in [1.29, 1.82) is 0 Å². The number of hydrogen-bond acceptors (Lipinski definition) is 3. The van der Waals surface area contributed by atoms with Gasteiger partial charge >= 0.3 is 0 Å². The van der Waals surface area contributed by atoms with Gasteiger partial charge in [-0.05, 0) is 42.5 Å². The van der Waals surface area contributed by atoms with Crippen molar-refractivity contribution in [3.05, 3.63) is 69.8 Å². The Kier molecular flexibility index (Phi) is 4.13. The molecule has 0 aliphatic rings. The number of non-ortho nitro benzene ring substituents is 1. The molecule has 2 N–H and O–H groups in total. The molecule has 0 saturated carbocycles. The van der Waals surface area contributed by atoms with Crippen molar-refractivity contribution in [1.82, 2.24) is 0 Å². The van der Waals surface area contributed by atoms with Crippen molar-refractivity contribution in [2.45, 2.75) is 19.3 Å². The molecule has 0 amide bonds. The third kappa shape index (κ3) is 3.81. The van der Waals surface area contributed by atoms with E-state index >= 15 is 0 Å². The molecule has 98 valence electrons. The van der Waals surface area contributed by atoms with Crippen LogP contribution < -0.4 is 5.73 Å². The minimum absolute atomic E-state index is 0.154. The van der Waals surface area contributed by atoms with Gasteiger partial charge in [-0.15, -0.1) is 0 Å². The first-order valence-corrected chi connectivity index (χ1v) is 6.23. The Labute approximate surface area is 112 Å². The average Bonchev–Trinajstić information content (AvgIpc) is 2.39. The smallest absolute Gasteiger partial charge is 0.269 e. The molecular formula is C15H16N2O2. The number of benzene rings is 2. The molecule has 0 spiro atoms. The third-order valence-corrected chi connectivity index (χ3v) is 3.00. The summed E-state index contributed by atoms with van der Waals surface area (Å²) in [7, 11) is 0. The van der Waals surface area contributed by atoms with Crippen molar-refractivity contribution < 1.29 is 4.92 Å². The lowest BCUT2D eigenvalue weighted by molar-refractivity contribution is -0.384. The van der Waals surface area contributed by atoms with Crippen LogP contribution in [0.5, 0.6) is 0 Å². The summed E-state index contributed by atoms with van der Waals surface area (Å²) in [5.74, 6) is 0. The van der Waals surface area contributed by atoms with Gasteiger partial charge in [-0.1, -0.05) is 24.3 Å². The molecule has 0 aliphatic heterocycles. The predicted octanol–water partition coefficient (Wildman–Crippen LogP) is 3.35. The fourth-order valence-corrected chi connectivity index (χ4v) is 2.07. The van der Waals surface area contributed by atoms with Crippen molar-refractivity contribution in [3.63, 3.8) is 0 Å². The summed E-state index contributed by atoms with van der Waals surface area (Å²) < 4.78 is 0. The van der Waals surface area contributed by atoms with Crippen LogP contribution in [0.25, 0.3) is 0 Å².